The average molecular weight is 333 g/mol. The Kier molecular flexibility index (Phi) is 14.3. The summed E-state index contributed by atoms with van der Waals surface area (Å²) in [5.41, 5.74) is -1.80. The minimum atomic E-state index is -1.80. The predicted molar refractivity (Wildman–Crippen MR) is 63.1 cm³/mol. The summed E-state index contributed by atoms with van der Waals surface area (Å²) < 4.78 is 0. The first-order valence-corrected chi connectivity index (χ1v) is 6.94. The van der Waals surface area contributed by atoms with Crippen molar-refractivity contribution in [2.45, 2.75) is 58.8 Å². The summed E-state index contributed by atoms with van der Waals surface area (Å²) in [6.45, 7) is 3.66. The molecule has 0 atom stereocenters. The van der Waals surface area contributed by atoms with Gasteiger partial charge in [-0.15, -0.1) is 0 Å². The molecule has 0 aromatic rings. The summed E-state index contributed by atoms with van der Waals surface area (Å²) in [6, 6.07) is 0. The Balaban J connectivity index is 0. The number of aliphatic carboxylic acids is 2. The molecule has 0 saturated heterocycles. The van der Waals surface area contributed by atoms with E-state index in [2.05, 4.69) is 0 Å². The van der Waals surface area contributed by atoms with Crippen molar-refractivity contribution in [3.05, 3.63) is 0 Å². The van der Waals surface area contributed by atoms with Gasteiger partial charge in [-0.2, -0.15) is 0 Å². The summed E-state index contributed by atoms with van der Waals surface area (Å²) in [7, 11) is 0. The second kappa shape index (κ2) is 11.7. The molecule has 1 rings (SSSR count). The molecular formula is C14H22K2O4. The smallest absolute Gasteiger partial charge is 0.549 e. The van der Waals surface area contributed by atoms with Gasteiger partial charge in [0, 0.05) is 0 Å². The van der Waals surface area contributed by atoms with Crippen LogP contribution in [0.15, 0.2) is 0 Å². The molecular weight excluding hydrogens is 310 g/mol. The molecule has 1 aliphatic rings. The van der Waals surface area contributed by atoms with Crippen molar-refractivity contribution in [3.8, 4) is 0 Å². The van der Waals surface area contributed by atoms with E-state index in [-0.39, 0.29) is 109 Å². The van der Waals surface area contributed by atoms with E-state index in [1.54, 1.807) is 0 Å². The number of hydrogen-bond acceptors (Lipinski definition) is 4. The maximum atomic E-state index is 11.6. The maximum Gasteiger partial charge on any atom is 1.00 e. The zero-order valence-corrected chi connectivity index (χ0v) is 19.5. The molecule has 4 nitrogen and oxygen atoms in total. The average Bonchev–Trinajstić information content (AvgIpc) is 2.35. The molecule has 0 radical (unpaired) electrons. The fourth-order valence-corrected chi connectivity index (χ4v) is 3.57. The van der Waals surface area contributed by atoms with Gasteiger partial charge in [0.1, 0.15) is 0 Å². The summed E-state index contributed by atoms with van der Waals surface area (Å²) >= 11 is 0. The Morgan fingerprint density at radius 2 is 1.40 bits per heavy atom. The van der Waals surface area contributed by atoms with E-state index in [4.69, 9.17) is 0 Å². The normalized spacial score (nSPS) is 16.1. The van der Waals surface area contributed by atoms with Crippen LogP contribution >= 0.6 is 0 Å². The summed E-state index contributed by atoms with van der Waals surface area (Å²) in [4.78, 5) is 23.2. The monoisotopic (exact) mass is 332 g/mol. The van der Waals surface area contributed by atoms with Crippen molar-refractivity contribution in [2.75, 3.05) is 0 Å². The molecule has 0 aromatic carbocycles. The van der Waals surface area contributed by atoms with Gasteiger partial charge < -0.3 is 19.8 Å². The molecule has 104 valence electrons. The summed E-state index contributed by atoms with van der Waals surface area (Å²) in [5.74, 6) is -3.66. The predicted octanol–water partition coefficient (Wildman–Crippen LogP) is -5.50. The minimum Gasteiger partial charge on any atom is -0.549 e. The summed E-state index contributed by atoms with van der Waals surface area (Å²) in [6.07, 6.45) is 5.19. The molecule has 0 unspecified atom stereocenters. The molecule has 1 saturated carbocycles. The zero-order valence-electron chi connectivity index (χ0n) is 13.2. The van der Waals surface area contributed by atoms with Crippen LogP contribution < -0.4 is 113 Å². The first-order valence-electron chi connectivity index (χ1n) is 6.94. The van der Waals surface area contributed by atoms with E-state index in [9.17, 15) is 19.8 Å². The van der Waals surface area contributed by atoms with Crippen LogP contribution in [0.25, 0.3) is 0 Å². The van der Waals surface area contributed by atoms with E-state index in [0.717, 1.165) is 19.3 Å². The maximum absolute atomic E-state index is 11.6. The van der Waals surface area contributed by atoms with Crippen LogP contribution in [-0.2, 0) is 9.59 Å². The third kappa shape index (κ3) is 5.11. The molecule has 0 aromatic heterocycles. The van der Waals surface area contributed by atoms with Gasteiger partial charge in [0.25, 0.3) is 0 Å². The van der Waals surface area contributed by atoms with Gasteiger partial charge >= 0.3 is 103 Å². The van der Waals surface area contributed by atoms with Crippen LogP contribution in [0.4, 0.5) is 0 Å². The largest absolute Gasteiger partial charge is 1.00 e. The SMILES string of the molecule is CCC(CC)C(C(=O)[O-])(C(=O)[O-])C1CCCCC1.[K+].[K+]. The van der Waals surface area contributed by atoms with Crippen LogP contribution in [0.3, 0.4) is 0 Å². The fraction of sp³-hybridized carbons (Fsp3) is 0.857. The molecule has 1 fully saturated rings. The van der Waals surface area contributed by atoms with Crippen molar-refractivity contribution >= 4 is 11.9 Å². The Morgan fingerprint density at radius 1 is 1.00 bits per heavy atom. The van der Waals surface area contributed by atoms with E-state index in [1.807, 2.05) is 13.8 Å². The quantitative estimate of drug-likeness (QED) is 0.359. The number of carboxylic acid groups (broad SMARTS) is 2. The molecule has 0 spiro atoms. The van der Waals surface area contributed by atoms with Crippen molar-refractivity contribution in [1.82, 2.24) is 0 Å². The molecule has 0 bridgehead atoms. The van der Waals surface area contributed by atoms with Crippen LogP contribution in [0.1, 0.15) is 58.8 Å². The number of hydrogen-bond donors (Lipinski definition) is 0. The van der Waals surface area contributed by atoms with Gasteiger partial charge in [-0.25, -0.2) is 0 Å². The molecule has 6 heteroatoms. The van der Waals surface area contributed by atoms with Gasteiger partial charge in [-0.3, -0.25) is 0 Å². The Labute approximate surface area is 206 Å². The van der Waals surface area contributed by atoms with E-state index < -0.39 is 23.3 Å². The van der Waals surface area contributed by atoms with E-state index in [1.165, 1.54) is 0 Å². The third-order valence-corrected chi connectivity index (χ3v) is 4.55. The van der Waals surface area contributed by atoms with Crippen LogP contribution in [0.5, 0.6) is 0 Å². The zero-order chi connectivity index (χ0) is 13.8. The van der Waals surface area contributed by atoms with Gasteiger partial charge in [0.05, 0.1) is 17.4 Å². The molecule has 20 heavy (non-hydrogen) atoms. The first-order chi connectivity index (χ1) is 8.51. The van der Waals surface area contributed by atoms with Crippen molar-refractivity contribution < 1.29 is 123 Å². The molecule has 0 aliphatic heterocycles. The van der Waals surface area contributed by atoms with Crippen LogP contribution in [-0.4, -0.2) is 11.9 Å². The number of rotatable bonds is 6. The fourth-order valence-electron chi connectivity index (χ4n) is 3.57. The molecule has 0 heterocycles. The standard InChI is InChI=1S/C14H24O4.2K/c1-3-10(4-2)14(12(15)16,13(17)18)11-8-6-5-7-9-11;;/h10-11H,3-9H2,1-2H3,(H,15,16)(H,17,18);;/q;2*+1/p-2. The topological polar surface area (TPSA) is 80.3 Å². The van der Waals surface area contributed by atoms with Gasteiger partial charge in [-0.1, -0.05) is 46.0 Å². The van der Waals surface area contributed by atoms with Gasteiger partial charge in [0.2, 0.25) is 0 Å². The second-order valence-electron chi connectivity index (χ2n) is 5.29. The molecule has 1 aliphatic carbocycles. The summed E-state index contributed by atoms with van der Waals surface area (Å²) in [5, 5.41) is 23.2. The molecule has 0 amide bonds. The number of carbonyl (C=O) groups is 2. The van der Waals surface area contributed by atoms with Crippen molar-refractivity contribution in [2.24, 2.45) is 17.3 Å². The first kappa shape index (κ1) is 24.5. The van der Waals surface area contributed by atoms with Crippen LogP contribution in [0, 0.1) is 17.3 Å². The Bertz CT molecular complexity index is 296. The molecule has 0 N–H and O–H groups in total. The van der Waals surface area contributed by atoms with Crippen LogP contribution in [0.2, 0.25) is 0 Å². The van der Waals surface area contributed by atoms with E-state index >= 15 is 0 Å². The van der Waals surface area contributed by atoms with Gasteiger partial charge in [0.15, 0.2) is 0 Å². The van der Waals surface area contributed by atoms with Crippen molar-refractivity contribution in [3.63, 3.8) is 0 Å². The Morgan fingerprint density at radius 3 is 1.70 bits per heavy atom. The third-order valence-electron chi connectivity index (χ3n) is 4.55. The number of carbonyl (C=O) groups excluding carboxylic acids is 2. The minimum absolute atomic E-state index is 0. The van der Waals surface area contributed by atoms with Crippen molar-refractivity contribution in [1.29, 1.82) is 0 Å². The second-order valence-corrected chi connectivity index (χ2v) is 5.29. The van der Waals surface area contributed by atoms with Gasteiger partial charge in [-0.05, 0) is 24.7 Å². The Hall–Kier alpha value is 2.21. The van der Waals surface area contributed by atoms with E-state index in [0.29, 0.717) is 25.7 Å². The number of carboxylic acids is 2.